The molecule has 8 nitrogen and oxygen atoms in total. The van der Waals surface area contributed by atoms with Crippen molar-refractivity contribution < 1.29 is 19.2 Å². The Morgan fingerprint density at radius 2 is 0.750 bits per heavy atom. The summed E-state index contributed by atoms with van der Waals surface area (Å²) in [6, 6.07) is 22.5. The zero-order valence-electron chi connectivity index (χ0n) is 34.5. The molecule has 4 heterocycles. The molecule has 0 fully saturated rings. The van der Waals surface area contributed by atoms with Gasteiger partial charge in [-0.3, -0.25) is 19.2 Å². The Bertz CT molecular complexity index is 3020. The van der Waals surface area contributed by atoms with Crippen molar-refractivity contribution in [2.24, 2.45) is 0 Å². The Morgan fingerprint density at radius 3 is 1.07 bits per heavy atom. The smallest absolute Gasteiger partial charge is 0.268 e. The number of imide groups is 2. The van der Waals surface area contributed by atoms with Crippen LogP contribution in [-0.2, 0) is 0 Å². The van der Waals surface area contributed by atoms with Crippen molar-refractivity contribution >= 4 is 113 Å². The summed E-state index contributed by atoms with van der Waals surface area (Å²) < 4.78 is 0. The molecular weight excluding hydrogens is 791 g/mol. The molecule has 2 aliphatic heterocycles. The summed E-state index contributed by atoms with van der Waals surface area (Å²) in [6.07, 6.45) is 0. The predicted molar refractivity (Wildman–Crippen MR) is 244 cm³/mol. The molecule has 4 amide bonds. The Morgan fingerprint density at radius 1 is 0.433 bits per heavy atom. The second-order valence-electron chi connectivity index (χ2n) is 17.5. The number of amides is 4. The van der Waals surface area contributed by atoms with Crippen LogP contribution in [0.15, 0.2) is 72.8 Å². The Labute approximate surface area is 356 Å². The number of rotatable bonds is 6. The van der Waals surface area contributed by atoms with Gasteiger partial charge in [-0.15, -0.1) is 0 Å². The first-order valence-electron chi connectivity index (χ1n) is 20.5. The summed E-state index contributed by atoms with van der Waals surface area (Å²) in [5.41, 5.74) is 7.40. The largest absolute Gasteiger partial charge is 0.354 e. The molecule has 0 atom stereocenters. The maximum atomic E-state index is 15.8. The molecule has 0 radical (unpaired) electrons. The molecule has 10 rings (SSSR count). The number of aromatic amines is 2. The second kappa shape index (κ2) is 13.3. The summed E-state index contributed by atoms with van der Waals surface area (Å²) in [5.74, 6) is -2.33. The summed E-state index contributed by atoms with van der Waals surface area (Å²) in [5, 5.41) is 3.56. The third-order valence-electron chi connectivity index (χ3n) is 12.6. The molecule has 2 aliphatic rings. The van der Waals surface area contributed by atoms with Gasteiger partial charge in [0, 0.05) is 53.4 Å². The van der Waals surface area contributed by atoms with Gasteiger partial charge in [0.05, 0.1) is 44.7 Å². The van der Waals surface area contributed by atoms with Gasteiger partial charge in [0.25, 0.3) is 23.6 Å². The number of hydrogen-bond donors (Lipinski definition) is 2. The number of benzene rings is 6. The lowest BCUT2D eigenvalue weighted by Gasteiger charge is -2.36. The molecule has 0 unspecified atom stereocenters. The topological polar surface area (TPSA) is 106 Å². The van der Waals surface area contributed by atoms with Crippen LogP contribution in [0, 0.1) is 0 Å². The molecule has 0 saturated heterocycles. The lowest BCUT2D eigenvalue weighted by Crippen LogP contribution is -2.45. The van der Waals surface area contributed by atoms with Crippen molar-refractivity contribution in [3.05, 3.63) is 127 Å². The van der Waals surface area contributed by atoms with E-state index in [9.17, 15) is 0 Å². The van der Waals surface area contributed by atoms with Crippen LogP contribution in [0.4, 0.5) is 11.4 Å². The highest BCUT2D eigenvalue weighted by atomic mass is 35.5. The number of H-pyrrole nitrogens is 2. The van der Waals surface area contributed by atoms with Gasteiger partial charge in [-0.05, 0) is 82.3 Å². The van der Waals surface area contributed by atoms with E-state index in [1.165, 1.54) is 9.80 Å². The molecule has 0 saturated carbocycles. The number of para-hydroxylation sites is 2. The van der Waals surface area contributed by atoms with Crippen LogP contribution in [-0.4, -0.2) is 33.6 Å². The number of aromatic nitrogens is 2. The molecule has 300 valence electrons. The van der Waals surface area contributed by atoms with Crippen molar-refractivity contribution in [3.63, 3.8) is 0 Å². The first-order valence-corrected chi connectivity index (χ1v) is 21.3. The van der Waals surface area contributed by atoms with Crippen LogP contribution >= 0.6 is 23.2 Å². The minimum absolute atomic E-state index is 0.0381. The fourth-order valence-electron chi connectivity index (χ4n) is 9.91. The molecule has 0 spiro atoms. The van der Waals surface area contributed by atoms with E-state index in [2.05, 4.69) is 9.97 Å². The monoisotopic (exact) mass is 832 g/mol. The maximum Gasteiger partial charge on any atom is 0.268 e. The quantitative estimate of drug-likeness (QED) is 0.163. The van der Waals surface area contributed by atoms with Crippen molar-refractivity contribution in [1.29, 1.82) is 0 Å². The van der Waals surface area contributed by atoms with E-state index in [1.807, 2.05) is 104 Å². The van der Waals surface area contributed by atoms with E-state index in [4.69, 9.17) is 23.2 Å². The zero-order chi connectivity index (χ0) is 42.4. The van der Waals surface area contributed by atoms with Crippen molar-refractivity contribution in [2.75, 3.05) is 9.80 Å². The number of carbonyl (C=O) groups is 4. The number of hydrogen-bond acceptors (Lipinski definition) is 4. The highest BCUT2D eigenvalue weighted by Crippen LogP contribution is 2.52. The SMILES string of the molecule is CC(C)c1cccc(C(C)C)c1N1C(=O)c2c3[nH]c4ccc(Cl)cc4c3c3c4c(c5[nH]c6ccc(Cl)cc6c5c(c24)C1=O)C(=O)N(c1c(C(C)C)cccc1C(C)C)C3=O. The molecule has 10 heteroatoms. The number of anilines is 2. The van der Waals surface area contributed by atoms with Gasteiger partial charge in [-0.2, -0.15) is 0 Å². The van der Waals surface area contributed by atoms with Crippen LogP contribution in [0.2, 0.25) is 10.0 Å². The van der Waals surface area contributed by atoms with Gasteiger partial charge in [-0.25, -0.2) is 9.80 Å². The van der Waals surface area contributed by atoms with E-state index >= 15 is 19.2 Å². The van der Waals surface area contributed by atoms with Gasteiger partial charge in [0.2, 0.25) is 0 Å². The number of nitrogens with zero attached hydrogens (tertiary/aromatic N) is 2. The molecule has 0 aliphatic carbocycles. The van der Waals surface area contributed by atoms with E-state index in [0.717, 1.165) is 22.3 Å². The fourth-order valence-corrected chi connectivity index (χ4v) is 10.3. The van der Waals surface area contributed by atoms with E-state index in [-0.39, 0.29) is 56.7 Å². The summed E-state index contributed by atoms with van der Waals surface area (Å²) in [7, 11) is 0. The van der Waals surface area contributed by atoms with E-state index in [1.54, 1.807) is 24.3 Å². The first kappa shape index (κ1) is 38.3. The molecule has 2 N–H and O–H groups in total. The average Bonchev–Trinajstić information content (AvgIpc) is 3.76. The van der Waals surface area contributed by atoms with Gasteiger partial charge in [-0.1, -0.05) is 115 Å². The molecule has 2 aromatic heterocycles. The minimum Gasteiger partial charge on any atom is -0.354 e. The number of carbonyl (C=O) groups excluding carboxylic acids is 4. The minimum atomic E-state index is -0.547. The standard InChI is InChI=1S/C50H42Cl2N4O4/c1-21(2)27-11-9-12-28(22(3)4)45(27)55-47(57)39-35-31-19-25(51)15-17-33(31)54-44(35)42-38-37(39)41(49(55)59)43-36(32-20-26(52)16-18-34(32)53-43)40(38)48(58)56(50(42)60)46-29(23(5)6)13-10-14-30(46)24(7)8/h9-24,53-54H,1-8H3. The van der Waals surface area contributed by atoms with Crippen molar-refractivity contribution in [2.45, 2.75) is 79.1 Å². The van der Waals surface area contributed by atoms with Crippen molar-refractivity contribution in [1.82, 2.24) is 9.97 Å². The van der Waals surface area contributed by atoms with Crippen LogP contribution in [0.3, 0.4) is 0 Å². The average molecular weight is 834 g/mol. The van der Waals surface area contributed by atoms with Gasteiger partial charge in [0.1, 0.15) is 0 Å². The molecule has 60 heavy (non-hydrogen) atoms. The van der Waals surface area contributed by atoms with Crippen LogP contribution in [0.1, 0.15) is 143 Å². The molecule has 6 aromatic carbocycles. The van der Waals surface area contributed by atoms with Gasteiger partial charge >= 0.3 is 0 Å². The third kappa shape index (κ3) is 5.04. The fraction of sp³-hybridized carbons (Fsp3) is 0.240. The van der Waals surface area contributed by atoms with E-state index in [0.29, 0.717) is 65.0 Å². The molecule has 0 bridgehead atoms. The molecular formula is C50H42Cl2N4O4. The lowest BCUT2D eigenvalue weighted by molar-refractivity contribution is 0.0875. The molecule has 8 aromatic rings. The third-order valence-corrected chi connectivity index (χ3v) is 13.0. The zero-order valence-corrected chi connectivity index (χ0v) is 36.0. The second-order valence-corrected chi connectivity index (χ2v) is 18.3. The highest BCUT2D eigenvalue weighted by molar-refractivity contribution is 6.52. The summed E-state index contributed by atoms with van der Waals surface area (Å²) in [6.45, 7) is 16.4. The maximum absolute atomic E-state index is 15.8. The lowest BCUT2D eigenvalue weighted by atomic mass is 9.80. The van der Waals surface area contributed by atoms with Gasteiger partial charge in [0.15, 0.2) is 0 Å². The number of fused-ring (bicyclic) bond motifs is 10. The first-order chi connectivity index (χ1) is 28.6. The predicted octanol–water partition coefficient (Wildman–Crippen LogP) is 13.5. The Kier molecular flexibility index (Phi) is 8.46. The van der Waals surface area contributed by atoms with Crippen LogP contribution in [0.25, 0.3) is 54.4 Å². The van der Waals surface area contributed by atoms with Crippen LogP contribution in [0.5, 0.6) is 0 Å². The van der Waals surface area contributed by atoms with Gasteiger partial charge < -0.3 is 9.97 Å². The normalized spacial score (nSPS) is 14.5. The summed E-state index contributed by atoms with van der Waals surface area (Å²) >= 11 is 13.4. The summed E-state index contributed by atoms with van der Waals surface area (Å²) in [4.78, 5) is 72.9. The highest BCUT2D eigenvalue weighted by Gasteiger charge is 2.47. The van der Waals surface area contributed by atoms with Crippen molar-refractivity contribution in [3.8, 4) is 0 Å². The Balaban J connectivity index is 1.46. The number of halogens is 2. The van der Waals surface area contributed by atoms with Crippen LogP contribution < -0.4 is 9.80 Å². The Hall–Kier alpha value is -5.96. The number of nitrogens with one attached hydrogen (secondary N) is 2. The van der Waals surface area contributed by atoms with E-state index < -0.39 is 23.6 Å².